The zero-order chi connectivity index (χ0) is 20.3. The van der Waals surface area contributed by atoms with Crippen LogP contribution in [-0.2, 0) is 11.3 Å². The third-order valence-corrected chi connectivity index (χ3v) is 3.03. The molecule has 0 heterocycles. The summed E-state index contributed by atoms with van der Waals surface area (Å²) in [7, 11) is 1.53. The highest BCUT2D eigenvalue weighted by Gasteiger charge is 2.28. The number of rotatable bonds is 9. The van der Waals surface area contributed by atoms with E-state index in [0.29, 0.717) is 25.5 Å². The maximum absolute atomic E-state index is 12.1. The molecular weight excluding hydrogens is 380 g/mol. The lowest BCUT2D eigenvalue weighted by Gasteiger charge is -2.13. The first-order chi connectivity index (χ1) is 12.6. The summed E-state index contributed by atoms with van der Waals surface area (Å²) in [4.78, 5) is 3.96. The first-order valence-electron chi connectivity index (χ1n) is 7.96. The van der Waals surface area contributed by atoms with Gasteiger partial charge in [0.05, 0.1) is 0 Å². The van der Waals surface area contributed by atoms with Crippen LogP contribution in [0.4, 0.5) is 26.3 Å². The average molecular weight is 401 g/mol. The Kier molecular flexibility index (Phi) is 9.19. The number of benzene rings is 1. The smallest absolute Gasteiger partial charge is 0.422 e. The van der Waals surface area contributed by atoms with Crippen molar-refractivity contribution in [2.75, 3.05) is 33.4 Å². The molecule has 5 nitrogen and oxygen atoms in total. The minimum Gasteiger partial charge on any atom is -0.484 e. The zero-order valence-corrected chi connectivity index (χ0v) is 14.6. The van der Waals surface area contributed by atoms with E-state index in [1.54, 1.807) is 12.1 Å². The van der Waals surface area contributed by atoms with Gasteiger partial charge in [0.2, 0.25) is 0 Å². The van der Waals surface area contributed by atoms with Gasteiger partial charge in [-0.2, -0.15) is 26.3 Å². The predicted molar refractivity (Wildman–Crippen MR) is 87.7 cm³/mol. The average Bonchev–Trinajstić information content (AvgIpc) is 2.58. The number of ether oxygens (including phenoxy) is 2. The van der Waals surface area contributed by atoms with Crippen molar-refractivity contribution in [1.29, 1.82) is 0 Å². The second kappa shape index (κ2) is 10.9. The molecule has 1 aromatic rings. The fourth-order valence-electron chi connectivity index (χ4n) is 1.84. The number of nitrogens with one attached hydrogen (secondary N) is 2. The predicted octanol–water partition coefficient (Wildman–Crippen LogP) is 3.26. The number of aliphatic imine (C=N–C) groups is 1. The molecule has 0 unspecified atom stereocenters. The van der Waals surface area contributed by atoms with Gasteiger partial charge < -0.3 is 20.1 Å². The lowest BCUT2D eigenvalue weighted by atomic mass is 10.2. The molecule has 0 bridgehead atoms. The highest BCUT2D eigenvalue weighted by molar-refractivity contribution is 5.79. The van der Waals surface area contributed by atoms with E-state index in [1.807, 2.05) is 0 Å². The van der Waals surface area contributed by atoms with Crippen LogP contribution in [0, 0.1) is 0 Å². The van der Waals surface area contributed by atoms with Gasteiger partial charge in [-0.15, -0.1) is 0 Å². The number of hydrogen-bond donors (Lipinski definition) is 2. The molecule has 1 aromatic carbocycles. The first-order valence-corrected chi connectivity index (χ1v) is 7.96. The van der Waals surface area contributed by atoms with Gasteiger partial charge in [-0.3, -0.25) is 4.99 Å². The van der Waals surface area contributed by atoms with E-state index in [1.165, 1.54) is 19.2 Å². The van der Waals surface area contributed by atoms with Crippen LogP contribution < -0.4 is 15.4 Å². The summed E-state index contributed by atoms with van der Waals surface area (Å²) in [5, 5.41) is 5.89. The van der Waals surface area contributed by atoms with Crippen molar-refractivity contribution >= 4 is 5.96 Å². The van der Waals surface area contributed by atoms with Crippen molar-refractivity contribution in [1.82, 2.24) is 10.6 Å². The minimum absolute atomic E-state index is 0.0388. The van der Waals surface area contributed by atoms with Crippen LogP contribution >= 0.6 is 0 Å². The van der Waals surface area contributed by atoms with Crippen LogP contribution in [0.5, 0.6) is 5.75 Å². The largest absolute Gasteiger partial charge is 0.484 e. The van der Waals surface area contributed by atoms with Gasteiger partial charge in [0.15, 0.2) is 12.6 Å². The Morgan fingerprint density at radius 1 is 0.963 bits per heavy atom. The normalized spacial score (nSPS) is 12.8. The van der Waals surface area contributed by atoms with Gasteiger partial charge in [0, 0.05) is 26.7 Å². The van der Waals surface area contributed by atoms with Gasteiger partial charge in [-0.25, -0.2) is 0 Å². The number of guanidine groups is 1. The highest BCUT2D eigenvalue weighted by atomic mass is 19.4. The number of nitrogens with zero attached hydrogens (tertiary/aromatic N) is 1. The second-order valence-corrected chi connectivity index (χ2v) is 5.42. The Morgan fingerprint density at radius 2 is 1.59 bits per heavy atom. The van der Waals surface area contributed by atoms with Crippen LogP contribution in [0.25, 0.3) is 0 Å². The molecule has 2 N–H and O–H groups in total. The number of halogens is 6. The van der Waals surface area contributed by atoms with Crippen LogP contribution in [0.1, 0.15) is 12.0 Å². The molecule has 0 amide bonds. The zero-order valence-electron chi connectivity index (χ0n) is 14.6. The molecule has 0 radical (unpaired) electrons. The summed E-state index contributed by atoms with van der Waals surface area (Å²) in [5.74, 6) is 0.542. The minimum atomic E-state index is -4.39. The lowest BCUT2D eigenvalue weighted by molar-refractivity contribution is -0.173. The van der Waals surface area contributed by atoms with Crippen LogP contribution in [0.2, 0.25) is 0 Å². The first kappa shape index (κ1) is 22.9. The van der Waals surface area contributed by atoms with Crippen molar-refractivity contribution in [2.24, 2.45) is 4.99 Å². The summed E-state index contributed by atoms with van der Waals surface area (Å²) >= 11 is 0. The summed E-state index contributed by atoms with van der Waals surface area (Å²) in [5.41, 5.74) is 0.783. The fraction of sp³-hybridized carbons (Fsp3) is 0.562. The molecule has 11 heteroatoms. The maximum Gasteiger partial charge on any atom is 0.422 e. The Morgan fingerprint density at radius 3 is 2.15 bits per heavy atom. The molecular formula is C16H21F6N3O2. The van der Waals surface area contributed by atoms with Gasteiger partial charge in [-0.1, -0.05) is 12.1 Å². The Labute approximate surface area is 152 Å². The SMILES string of the molecule is CN=C(NCCCOCC(F)(F)F)NCc1ccc(OCC(F)(F)F)cc1. The van der Waals surface area contributed by atoms with E-state index >= 15 is 0 Å². The van der Waals surface area contributed by atoms with E-state index in [-0.39, 0.29) is 12.4 Å². The third-order valence-electron chi connectivity index (χ3n) is 3.03. The van der Waals surface area contributed by atoms with E-state index in [2.05, 4.69) is 25.1 Å². The molecule has 0 saturated heterocycles. The number of alkyl halides is 6. The summed E-state index contributed by atoms with van der Waals surface area (Å²) in [6, 6.07) is 6.07. The fourth-order valence-corrected chi connectivity index (χ4v) is 1.84. The third kappa shape index (κ3) is 11.9. The summed E-state index contributed by atoms with van der Waals surface area (Å²) < 4.78 is 81.0. The molecule has 0 spiro atoms. The van der Waals surface area contributed by atoms with Crippen molar-refractivity contribution < 1.29 is 35.8 Å². The molecule has 0 aromatic heterocycles. The van der Waals surface area contributed by atoms with Crippen LogP contribution in [0.3, 0.4) is 0 Å². The molecule has 0 aliphatic heterocycles. The Hall–Kier alpha value is -2.17. The van der Waals surface area contributed by atoms with Gasteiger partial charge >= 0.3 is 12.4 Å². The van der Waals surface area contributed by atoms with E-state index < -0.39 is 25.6 Å². The number of hydrogen-bond acceptors (Lipinski definition) is 3. The van der Waals surface area contributed by atoms with Crippen molar-refractivity contribution in [3.8, 4) is 5.75 Å². The van der Waals surface area contributed by atoms with E-state index in [0.717, 1.165) is 5.56 Å². The molecule has 0 atom stereocenters. The highest BCUT2D eigenvalue weighted by Crippen LogP contribution is 2.18. The second-order valence-electron chi connectivity index (χ2n) is 5.42. The molecule has 0 aliphatic rings. The summed E-state index contributed by atoms with van der Waals surface area (Å²) in [6.07, 6.45) is -8.36. The topological polar surface area (TPSA) is 54.9 Å². The molecule has 0 saturated carbocycles. The standard InChI is InChI=1S/C16H21F6N3O2/c1-23-14(24-7-2-8-26-10-15(17,18)19)25-9-12-3-5-13(6-4-12)27-11-16(20,21)22/h3-6H,2,7-11H2,1H3,(H2,23,24,25). The van der Waals surface area contributed by atoms with E-state index in [4.69, 9.17) is 0 Å². The van der Waals surface area contributed by atoms with Crippen molar-refractivity contribution in [3.63, 3.8) is 0 Å². The quantitative estimate of drug-likeness (QED) is 0.289. The summed E-state index contributed by atoms with van der Waals surface area (Å²) in [6.45, 7) is -1.95. The van der Waals surface area contributed by atoms with E-state index in [9.17, 15) is 26.3 Å². The molecule has 0 fully saturated rings. The monoisotopic (exact) mass is 401 g/mol. The van der Waals surface area contributed by atoms with Crippen molar-refractivity contribution in [2.45, 2.75) is 25.3 Å². The van der Waals surface area contributed by atoms with Gasteiger partial charge in [-0.05, 0) is 24.1 Å². The Bertz CT molecular complexity index is 573. The van der Waals surface area contributed by atoms with Crippen molar-refractivity contribution in [3.05, 3.63) is 29.8 Å². The van der Waals surface area contributed by atoms with Crippen LogP contribution in [0.15, 0.2) is 29.3 Å². The molecule has 154 valence electrons. The lowest BCUT2D eigenvalue weighted by Crippen LogP contribution is -2.37. The van der Waals surface area contributed by atoms with Gasteiger partial charge in [0.25, 0.3) is 0 Å². The van der Waals surface area contributed by atoms with Gasteiger partial charge in [0.1, 0.15) is 12.4 Å². The van der Waals surface area contributed by atoms with Crippen LogP contribution in [-0.4, -0.2) is 51.7 Å². The maximum atomic E-state index is 12.1. The molecule has 0 aliphatic carbocycles. The molecule has 27 heavy (non-hydrogen) atoms. The molecule has 1 rings (SSSR count). The Balaban J connectivity index is 2.26.